The molecule has 0 unspecified atom stereocenters. The summed E-state index contributed by atoms with van der Waals surface area (Å²) in [7, 11) is 0. The van der Waals surface area contributed by atoms with E-state index in [1.807, 2.05) is 18.2 Å². The average molecular weight is 257 g/mol. The molecule has 1 N–H and O–H groups in total. The second-order valence-electron chi connectivity index (χ2n) is 7.36. The molecule has 0 bridgehead atoms. The predicted molar refractivity (Wildman–Crippen MR) is 77.5 cm³/mol. The molecule has 0 aromatic carbocycles. The van der Waals surface area contributed by atoms with E-state index in [0.717, 1.165) is 25.0 Å². The molecule has 102 valence electrons. The van der Waals surface area contributed by atoms with Gasteiger partial charge in [0.1, 0.15) is 11.3 Å². The molecular weight excluding hydrogens is 234 g/mol. The normalized spacial score (nSPS) is 23.2. The van der Waals surface area contributed by atoms with E-state index >= 15 is 0 Å². The van der Waals surface area contributed by atoms with E-state index in [1.165, 1.54) is 0 Å². The van der Waals surface area contributed by atoms with Gasteiger partial charge in [-0.2, -0.15) is 0 Å². The fraction of sp³-hybridized carbons (Fsp3) is 0.588. The summed E-state index contributed by atoms with van der Waals surface area (Å²) in [6.45, 7) is 8.84. The topological polar surface area (TPSA) is 33.1 Å². The van der Waals surface area contributed by atoms with Crippen LogP contribution in [-0.2, 0) is 0 Å². The Hall–Kier alpha value is -1.33. The Kier molecular flexibility index (Phi) is 3.45. The minimum absolute atomic E-state index is 0.120. The van der Waals surface area contributed by atoms with Crippen LogP contribution in [0.2, 0.25) is 0 Å². The van der Waals surface area contributed by atoms with Crippen LogP contribution >= 0.6 is 0 Å². The molecule has 2 heteroatoms. The van der Waals surface area contributed by atoms with Crippen molar-refractivity contribution in [1.29, 1.82) is 0 Å². The zero-order valence-electron chi connectivity index (χ0n) is 12.3. The van der Waals surface area contributed by atoms with Gasteiger partial charge in [0.15, 0.2) is 0 Å². The molecule has 1 aromatic rings. The number of pyridine rings is 1. The summed E-state index contributed by atoms with van der Waals surface area (Å²) in [5.41, 5.74) is 0.0602. The quantitative estimate of drug-likeness (QED) is 0.723. The number of hydrogen-bond donors (Lipinski definition) is 1. The number of aliphatic hydroxyl groups is 1. The van der Waals surface area contributed by atoms with E-state index in [-0.39, 0.29) is 10.8 Å². The third kappa shape index (κ3) is 3.81. The summed E-state index contributed by atoms with van der Waals surface area (Å²) >= 11 is 0. The third-order valence-electron chi connectivity index (χ3n) is 3.59. The Balaban J connectivity index is 2.25. The zero-order valence-corrected chi connectivity index (χ0v) is 12.3. The van der Waals surface area contributed by atoms with E-state index in [4.69, 9.17) is 0 Å². The van der Waals surface area contributed by atoms with Gasteiger partial charge >= 0.3 is 0 Å². The van der Waals surface area contributed by atoms with Crippen LogP contribution in [0, 0.1) is 22.7 Å². The molecule has 2 rings (SSSR count). The Labute approximate surface area is 116 Å². The minimum atomic E-state index is -0.900. The molecule has 1 heterocycles. The van der Waals surface area contributed by atoms with Gasteiger partial charge in [-0.3, -0.25) is 0 Å². The first-order chi connectivity index (χ1) is 8.70. The Morgan fingerprint density at radius 2 is 1.68 bits per heavy atom. The lowest BCUT2D eigenvalue weighted by molar-refractivity contribution is -0.0465. The van der Waals surface area contributed by atoms with E-state index in [0.29, 0.717) is 0 Å². The lowest BCUT2D eigenvalue weighted by Gasteiger charge is -2.47. The number of hydrogen-bond acceptors (Lipinski definition) is 2. The molecule has 0 amide bonds. The van der Waals surface area contributed by atoms with Gasteiger partial charge in [0.05, 0.1) is 0 Å². The summed E-state index contributed by atoms with van der Waals surface area (Å²) in [6.07, 6.45) is 4.29. The lowest BCUT2D eigenvalue weighted by Crippen LogP contribution is -2.45. The molecule has 0 atom stereocenters. The van der Waals surface area contributed by atoms with Gasteiger partial charge < -0.3 is 5.11 Å². The summed E-state index contributed by atoms with van der Waals surface area (Å²) in [6, 6.07) is 5.65. The minimum Gasteiger partial charge on any atom is -0.378 e. The van der Waals surface area contributed by atoms with Crippen LogP contribution in [0.4, 0.5) is 0 Å². The molecule has 1 aliphatic rings. The van der Waals surface area contributed by atoms with Crippen molar-refractivity contribution in [3.8, 4) is 11.8 Å². The van der Waals surface area contributed by atoms with Crippen molar-refractivity contribution in [2.45, 2.75) is 52.6 Å². The van der Waals surface area contributed by atoms with Crippen molar-refractivity contribution in [2.75, 3.05) is 0 Å². The number of rotatable bonds is 0. The molecule has 1 aromatic heterocycles. The largest absolute Gasteiger partial charge is 0.378 e. The summed E-state index contributed by atoms with van der Waals surface area (Å²) in [5, 5.41) is 10.8. The molecular formula is C17H23NO. The first kappa shape index (κ1) is 14.1. The van der Waals surface area contributed by atoms with Crippen molar-refractivity contribution in [2.24, 2.45) is 10.8 Å². The first-order valence-corrected chi connectivity index (χ1v) is 6.87. The first-order valence-electron chi connectivity index (χ1n) is 6.87. The van der Waals surface area contributed by atoms with Crippen LogP contribution < -0.4 is 0 Å². The fourth-order valence-electron chi connectivity index (χ4n) is 3.77. The van der Waals surface area contributed by atoms with E-state index in [2.05, 4.69) is 44.5 Å². The molecule has 1 saturated carbocycles. The van der Waals surface area contributed by atoms with E-state index in [1.54, 1.807) is 6.20 Å². The summed E-state index contributed by atoms with van der Waals surface area (Å²) in [4.78, 5) is 4.18. The van der Waals surface area contributed by atoms with Crippen LogP contribution in [0.15, 0.2) is 24.4 Å². The Morgan fingerprint density at radius 1 is 1.05 bits per heavy atom. The highest BCUT2D eigenvalue weighted by atomic mass is 16.3. The highest BCUT2D eigenvalue weighted by Crippen LogP contribution is 2.49. The maximum absolute atomic E-state index is 10.8. The highest BCUT2D eigenvalue weighted by molar-refractivity contribution is 5.31. The van der Waals surface area contributed by atoms with Crippen molar-refractivity contribution in [1.82, 2.24) is 4.98 Å². The highest BCUT2D eigenvalue weighted by Gasteiger charge is 2.45. The lowest BCUT2D eigenvalue weighted by atomic mass is 9.60. The average Bonchev–Trinajstić information content (AvgIpc) is 2.23. The van der Waals surface area contributed by atoms with E-state index in [9.17, 15) is 5.11 Å². The molecule has 2 nitrogen and oxygen atoms in total. The molecule has 1 aliphatic carbocycles. The van der Waals surface area contributed by atoms with Crippen molar-refractivity contribution >= 4 is 0 Å². The summed E-state index contributed by atoms with van der Waals surface area (Å²) < 4.78 is 0. The smallest absolute Gasteiger partial charge is 0.126 e. The molecule has 0 radical (unpaired) electrons. The van der Waals surface area contributed by atoms with Gasteiger partial charge in [-0.15, -0.1) is 0 Å². The van der Waals surface area contributed by atoms with Crippen LogP contribution in [0.5, 0.6) is 0 Å². The van der Waals surface area contributed by atoms with Gasteiger partial charge in [0.25, 0.3) is 0 Å². The number of nitrogens with zero attached hydrogens (tertiary/aromatic N) is 1. The van der Waals surface area contributed by atoms with Crippen LogP contribution in [-0.4, -0.2) is 15.7 Å². The van der Waals surface area contributed by atoms with Crippen molar-refractivity contribution < 1.29 is 5.11 Å². The SMILES string of the molecule is CC1(C)CC(C)(C)CC(O)(C#Cc2ccccn2)C1. The standard InChI is InChI=1S/C17H23NO/c1-15(2)11-16(3,4)13-17(19,12-15)9-8-14-7-5-6-10-18-14/h5-7,10,19H,11-13H2,1-4H3. The van der Waals surface area contributed by atoms with Gasteiger partial charge in [0, 0.05) is 6.20 Å². The van der Waals surface area contributed by atoms with Gasteiger partial charge in [0.2, 0.25) is 0 Å². The predicted octanol–water partition coefficient (Wildman–Crippen LogP) is 3.40. The Bertz CT molecular complexity index is 489. The van der Waals surface area contributed by atoms with Gasteiger partial charge in [-0.25, -0.2) is 4.98 Å². The molecule has 0 spiro atoms. The van der Waals surface area contributed by atoms with Crippen LogP contribution in [0.25, 0.3) is 0 Å². The molecule has 19 heavy (non-hydrogen) atoms. The third-order valence-corrected chi connectivity index (χ3v) is 3.59. The van der Waals surface area contributed by atoms with Gasteiger partial charge in [-0.1, -0.05) is 39.7 Å². The molecule has 0 aliphatic heterocycles. The fourth-order valence-corrected chi connectivity index (χ4v) is 3.77. The summed E-state index contributed by atoms with van der Waals surface area (Å²) in [5.74, 6) is 6.09. The van der Waals surface area contributed by atoms with Crippen molar-refractivity contribution in [3.63, 3.8) is 0 Å². The van der Waals surface area contributed by atoms with Gasteiger partial charge in [-0.05, 0) is 48.1 Å². The zero-order chi connectivity index (χ0) is 14.1. The second kappa shape index (κ2) is 4.65. The maximum Gasteiger partial charge on any atom is 0.126 e. The van der Waals surface area contributed by atoms with Crippen LogP contribution in [0.1, 0.15) is 52.7 Å². The Morgan fingerprint density at radius 3 is 2.21 bits per heavy atom. The molecule has 1 fully saturated rings. The maximum atomic E-state index is 10.8. The molecule has 0 saturated heterocycles. The van der Waals surface area contributed by atoms with Crippen molar-refractivity contribution in [3.05, 3.63) is 30.1 Å². The van der Waals surface area contributed by atoms with Crippen LogP contribution in [0.3, 0.4) is 0 Å². The number of aromatic nitrogens is 1. The van der Waals surface area contributed by atoms with E-state index < -0.39 is 5.60 Å². The monoisotopic (exact) mass is 257 g/mol. The second-order valence-corrected chi connectivity index (χ2v) is 7.36.